The number of ether oxygens (including phenoxy) is 1. The van der Waals surface area contributed by atoms with Gasteiger partial charge in [0.25, 0.3) is 0 Å². The molecule has 0 amide bonds. The Bertz CT molecular complexity index is 445. The largest absolute Gasteiger partial charge is 0.375 e. The molecule has 1 heterocycles. The van der Waals surface area contributed by atoms with Gasteiger partial charge in [-0.15, -0.1) is 0 Å². The highest BCUT2D eigenvalue weighted by Crippen LogP contribution is 2.35. The van der Waals surface area contributed by atoms with Crippen molar-refractivity contribution in [1.29, 1.82) is 0 Å². The number of likely N-dealkylation sites (N-methyl/N-ethyl adjacent to an activating group) is 1. The number of aryl methyl sites for hydroxylation is 1. The molecule has 0 aromatic heterocycles. The Labute approximate surface area is 133 Å². The van der Waals surface area contributed by atoms with E-state index in [9.17, 15) is 0 Å². The summed E-state index contributed by atoms with van der Waals surface area (Å²) in [5.74, 6) is 3.00. The lowest BCUT2D eigenvalue weighted by atomic mass is 9.79. The Balaban J connectivity index is 1.71. The van der Waals surface area contributed by atoms with Crippen molar-refractivity contribution >= 4 is 11.8 Å². The van der Waals surface area contributed by atoms with Gasteiger partial charge in [0, 0.05) is 17.5 Å². The fraction of sp³-hybridized carbons (Fsp3) is 0.667. The Morgan fingerprint density at radius 2 is 2.29 bits per heavy atom. The van der Waals surface area contributed by atoms with Gasteiger partial charge in [-0.3, -0.25) is 0 Å². The van der Waals surface area contributed by atoms with E-state index in [-0.39, 0.29) is 0 Å². The van der Waals surface area contributed by atoms with Crippen LogP contribution >= 0.6 is 11.8 Å². The number of rotatable bonds is 5. The van der Waals surface area contributed by atoms with Crippen molar-refractivity contribution in [2.75, 3.05) is 24.7 Å². The fourth-order valence-electron chi connectivity index (χ4n) is 3.77. The van der Waals surface area contributed by atoms with Crippen LogP contribution in [-0.4, -0.2) is 36.8 Å². The third-order valence-corrected chi connectivity index (χ3v) is 5.81. The van der Waals surface area contributed by atoms with E-state index < -0.39 is 0 Å². The molecule has 0 radical (unpaired) electrons. The van der Waals surface area contributed by atoms with Crippen molar-refractivity contribution in [2.45, 2.75) is 50.7 Å². The molecule has 0 spiro atoms. The molecule has 1 aromatic rings. The van der Waals surface area contributed by atoms with Crippen LogP contribution in [-0.2, 0) is 11.2 Å². The lowest BCUT2D eigenvalue weighted by Crippen LogP contribution is -2.45. The van der Waals surface area contributed by atoms with Crippen LogP contribution in [0, 0.1) is 0 Å². The minimum absolute atomic E-state index is 0.387. The Kier molecular flexibility index (Phi) is 5.61. The zero-order chi connectivity index (χ0) is 14.5. The Morgan fingerprint density at radius 3 is 3.10 bits per heavy atom. The van der Waals surface area contributed by atoms with Crippen molar-refractivity contribution in [2.24, 2.45) is 0 Å². The molecule has 3 heteroatoms. The molecule has 1 aromatic carbocycles. The van der Waals surface area contributed by atoms with E-state index in [1.165, 1.54) is 25.7 Å². The molecule has 1 aliphatic carbocycles. The van der Waals surface area contributed by atoms with Crippen LogP contribution in [0.5, 0.6) is 0 Å². The summed E-state index contributed by atoms with van der Waals surface area (Å²) in [6, 6.07) is 9.55. The first kappa shape index (κ1) is 15.4. The summed E-state index contributed by atoms with van der Waals surface area (Å²) in [7, 11) is 0. The summed E-state index contributed by atoms with van der Waals surface area (Å²) in [5, 5.41) is 3.69. The van der Waals surface area contributed by atoms with Crippen LogP contribution in [0.4, 0.5) is 0 Å². The van der Waals surface area contributed by atoms with Gasteiger partial charge in [-0.2, -0.15) is 11.8 Å². The van der Waals surface area contributed by atoms with Crippen LogP contribution < -0.4 is 5.32 Å². The van der Waals surface area contributed by atoms with Crippen LogP contribution in [0.25, 0.3) is 0 Å². The van der Waals surface area contributed by atoms with Gasteiger partial charge < -0.3 is 10.1 Å². The summed E-state index contributed by atoms with van der Waals surface area (Å²) in [6.45, 7) is 4.15. The minimum atomic E-state index is 0.387. The first-order chi connectivity index (χ1) is 10.4. The molecule has 1 aliphatic heterocycles. The molecule has 116 valence electrons. The highest BCUT2D eigenvalue weighted by Gasteiger charge is 2.29. The summed E-state index contributed by atoms with van der Waals surface area (Å²) in [5.41, 5.74) is 3.16. The molecule has 3 rings (SSSR count). The molecule has 1 saturated heterocycles. The van der Waals surface area contributed by atoms with Gasteiger partial charge in [0.05, 0.1) is 12.7 Å². The van der Waals surface area contributed by atoms with E-state index in [0.717, 1.165) is 24.7 Å². The maximum Gasteiger partial charge on any atom is 0.0818 e. The van der Waals surface area contributed by atoms with Gasteiger partial charge in [0.15, 0.2) is 0 Å². The predicted octanol–water partition coefficient (Wildman–Crippen LogP) is 3.61. The molecule has 2 aliphatic rings. The summed E-state index contributed by atoms with van der Waals surface area (Å²) in [4.78, 5) is 0. The van der Waals surface area contributed by atoms with Gasteiger partial charge in [-0.25, -0.2) is 0 Å². The zero-order valence-corrected chi connectivity index (χ0v) is 13.8. The average Bonchev–Trinajstić information content (AvgIpc) is 2.55. The Morgan fingerprint density at radius 1 is 1.38 bits per heavy atom. The maximum absolute atomic E-state index is 6.04. The van der Waals surface area contributed by atoms with Crippen LogP contribution in [0.15, 0.2) is 24.3 Å². The standard InChI is InChI=1S/C18H27NOS/c1-2-19-17(18-13-21-11-10-20-18)12-15-8-5-7-14-6-3-4-9-16(14)15/h3-4,6,9,15,17-19H,2,5,7-8,10-13H2,1H3. The predicted molar refractivity (Wildman–Crippen MR) is 91.3 cm³/mol. The van der Waals surface area contributed by atoms with Gasteiger partial charge in [0.2, 0.25) is 0 Å². The molecule has 2 nitrogen and oxygen atoms in total. The summed E-state index contributed by atoms with van der Waals surface area (Å²) < 4.78 is 6.04. The zero-order valence-electron chi connectivity index (χ0n) is 13.0. The van der Waals surface area contributed by atoms with E-state index >= 15 is 0 Å². The van der Waals surface area contributed by atoms with E-state index in [2.05, 4.69) is 36.5 Å². The molecule has 0 bridgehead atoms. The molecule has 1 fully saturated rings. The van der Waals surface area contributed by atoms with Gasteiger partial charge in [-0.1, -0.05) is 31.2 Å². The molecular weight excluding hydrogens is 278 g/mol. The monoisotopic (exact) mass is 305 g/mol. The number of hydrogen-bond donors (Lipinski definition) is 1. The highest BCUT2D eigenvalue weighted by atomic mass is 32.2. The lowest BCUT2D eigenvalue weighted by molar-refractivity contribution is 0.0427. The first-order valence-electron chi connectivity index (χ1n) is 8.39. The lowest BCUT2D eigenvalue weighted by Gasteiger charge is -2.35. The van der Waals surface area contributed by atoms with Crippen molar-refractivity contribution in [1.82, 2.24) is 5.32 Å². The van der Waals surface area contributed by atoms with Gasteiger partial charge >= 0.3 is 0 Å². The number of hydrogen-bond acceptors (Lipinski definition) is 3. The molecular formula is C18H27NOS. The van der Waals surface area contributed by atoms with Gasteiger partial charge in [0.1, 0.15) is 0 Å². The van der Waals surface area contributed by atoms with Crippen molar-refractivity contribution in [3.63, 3.8) is 0 Å². The number of benzene rings is 1. The number of fused-ring (bicyclic) bond motifs is 1. The highest BCUT2D eigenvalue weighted by molar-refractivity contribution is 7.99. The van der Waals surface area contributed by atoms with Crippen molar-refractivity contribution < 1.29 is 4.74 Å². The van der Waals surface area contributed by atoms with Crippen molar-refractivity contribution in [3.8, 4) is 0 Å². The third-order valence-electron chi connectivity index (χ3n) is 4.79. The number of nitrogens with one attached hydrogen (secondary N) is 1. The maximum atomic E-state index is 6.04. The molecule has 3 unspecified atom stereocenters. The second-order valence-corrected chi connectivity index (χ2v) is 7.32. The van der Waals surface area contributed by atoms with E-state index in [1.807, 2.05) is 11.8 Å². The quantitative estimate of drug-likeness (QED) is 0.898. The summed E-state index contributed by atoms with van der Waals surface area (Å²) in [6.07, 6.45) is 5.53. The molecule has 21 heavy (non-hydrogen) atoms. The molecule has 0 saturated carbocycles. The van der Waals surface area contributed by atoms with E-state index in [4.69, 9.17) is 4.74 Å². The molecule has 1 N–H and O–H groups in total. The van der Waals surface area contributed by atoms with Crippen LogP contribution in [0.3, 0.4) is 0 Å². The second-order valence-electron chi connectivity index (χ2n) is 6.17. The van der Waals surface area contributed by atoms with Crippen LogP contribution in [0.2, 0.25) is 0 Å². The van der Waals surface area contributed by atoms with Gasteiger partial charge in [-0.05, 0) is 49.3 Å². The fourth-order valence-corrected chi connectivity index (χ4v) is 4.71. The SMILES string of the molecule is CCNC(CC1CCCc2ccccc21)C1CSCCO1. The summed E-state index contributed by atoms with van der Waals surface area (Å²) >= 11 is 2.04. The second kappa shape index (κ2) is 7.66. The first-order valence-corrected chi connectivity index (χ1v) is 9.54. The van der Waals surface area contributed by atoms with Crippen molar-refractivity contribution in [3.05, 3.63) is 35.4 Å². The van der Waals surface area contributed by atoms with E-state index in [1.54, 1.807) is 11.1 Å². The normalized spacial score (nSPS) is 27.1. The minimum Gasteiger partial charge on any atom is -0.375 e. The smallest absolute Gasteiger partial charge is 0.0818 e. The average molecular weight is 305 g/mol. The van der Waals surface area contributed by atoms with E-state index in [0.29, 0.717) is 18.1 Å². The topological polar surface area (TPSA) is 21.3 Å². The van der Waals surface area contributed by atoms with Crippen LogP contribution in [0.1, 0.15) is 43.2 Å². The number of thioether (sulfide) groups is 1. The molecule has 3 atom stereocenters. The Hall–Kier alpha value is -0.510. The third kappa shape index (κ3) is 3.82.